The van der Waals surface area contributed by atoms with Gasteiger partial charge in [-0.25, -0.2) is 9.59 Å². The number of carbonyl (C=O) groups excluding carboxylic acids is 2. The predicted molar refractivity (Wildman–Crippen MR) is 152 cm³/mol. The summed E-state index contributed by atoms with van der Waals surface area (Å²) in [5.41, 5.74) is 3.48. The summed E-state index contributed by atoms with van der Waals surface area (Å²) in [6, 6.07) is 15.4. The molecule has 4 nitrogen and oxygen atoms in total. The highest BCUT2D eigenvalue weighted by molar-refractivity contribution is 5.90. The largest absolute Gasteiger partial charge is 0.458 e. The number of hydrogen-bond acceptors (Lipinski definition) is 4. The Labute approximate surface area is 225 Å². The second kappa shape index (κ2) is 13.3. The van der Waals surface area contributed by atoms with E-state index in [0.717, 1.165) is 25.7 Å². The molecule has 0 bridgehead atoms. The Hall–Kier alpha value is -2.62. The molecular formula is C33H48O4. The zero-order valence-corrected chi connectivity index (χ0v) is 24.5. The molecule has 2 rings (SSSR count). The Morgan fingerprint density at radius 1 is 0.622 bits per heavy atom. The molecule has 4 heteroatoms. The minimum atomic E-state index is -0.331. The van der Waals surface area contributed by atoms with E-state index in [1.807, 2.05) is 55.5 Å². The van der Waals surface area contributed by atoms with E-state index in [-0.39, 0.29) is 40.9 Å². The first kappa shape index (κ1) is 30.6. The van der Waals surface area contributed by atoms with Gasteiger partial charge in [-0.3, -0.25) is 0 Å². The normalized spacial score (nSPS) is 14.5. The van der Waals surface area contributed by atoms with Gasteiger partial charge in [0, 0.05) is 5.92 Å². The fourth-order valence-electron chi connectivity index (χ4n) is 4.69. The van der Waals surface area contributed by atoms with Crippen LogP contribution in [0.25, 0.3) is 0 Å². The Morgan fingerprint density at radius 2 is 1.00 bits per heavy atom. The fourth-order valence-corrected chi connectivity index (χ4v) is 4.69. The molecule has 2 aromatic carbocycles. The van der Waals surface area contributed by atoms with E-state index in [1.165, 1.54) is 11.1 Å². The molecule has 0 amide bonds. The van der Waals surface area contributed by atoms with Crippen molar-refractivity contribution >= 4 is 11.9 Å². The summed E-state index contributed by atoms with van der Waals surface area (Å²) in [6.45, 7) is 19.1. The summed E-state index contributed by atoms with van der Waals surface area (Å²) in [5.74, 6) is -0.711. The van der Waals surface area contributed by atoms with Crippen LogP contribution < -0.4 is 0 Å². The third kappa shape index (κ3) is 8.72. The van der Waals surface area contributed by atoms with Crippen LogP contribution in [0.15, 0.2) is 48.5 Å². The third-order valence-electron chi connectivity index (χ3n) is 7.04. The molecule has 0 heterocycles. The van der Waals surface area contributed by atoms with Crippen LogP contribution in [0, 0.1) is 5.92 Å². The lowest BCUT2D eigenvalue weighted by Gasteiger charge is -2.32. The highest BCUT2D eigenvalue weighted by Crippen LogP contribution is 2.29. The van der Waals surface area contributed by atoms with Gasteiger partial charge < -0.3 is 9.47 Å². The maximum atomic E-state index is 13.1. The Morgan fingerprint density at radius 3 is 1.32 bits per heavy atom. The fraction of sp³-hybridized carbons (Fsp3) is 0.576. The molecule has 204 valence electrons. The number of hydrogen-bond donors (Lipinski definition) is 0. The zero-order chi connectivity index (χ0) is 27.8. The molecule has 0 saturated carbocycles. The summed E-state index contributed by atoms with van der Waals surface area (Å²) >= 11 is 0. The lowest BCUT2D eigenvalue weighted by atomic mass is 9.86. The van der Waals surface area contributed by atoms with E-state index in [2.05, 4.69) is 55.4 Å². The topological polar surface area (TPSA) is 52.6 Å². The second-order valence-electron chi connectivity index (χ2n) is 12.2. The van der Waals surface area contributed by atoms with Crippen LogP contribution in [0.4, 0.5) is 0 Å². The molecule has 3 atom stereocenters. The summed E-state index contributed by atoms with van der Waals surface area (Å²) in [7, 11) is 0. The Bertz CT molecular complexity index is 991. The molecule has 0 aliphatic rings. The van der Waals surface area contributed by atoms with E-state index >= 15 is 0 Å². The van der Waals surface area contributed by atoms with Gasteiger partial charge in [0.1, 0.15) is 12.2 Å². The monoisotopic (exact) mass is 508 g/mol. The number of benzene rings is 2. The molecule has 0 spiro atoms. The van der Waals surface area contributed by atoms with Crippen LogP contribution >= 0.6 is 0 Å². The SMILES string of the molecule is CCCC(OC(=O)c1ccc(C(C)(C)C)cc1)C(CCC)C(CC)OC(=O)c1ccc(C(C)(C)C)cc1. The first-order valence-corrected chi connectivity index (χ1v) is 13.9. The van der Waals surface area contributed by atoms with Crippen LogP contribution in [-0.2, 0) is 20.3 Å². The summed E-state index contributed by atoms with van der Waals surface area (Å²) in [4.78, 5) is 26.2. The first-order chi connectivity index (χ1) is 17.3. The van der Waals surface area contributed by atoms with Crippen molar-refractivity contribution in [1.29, 1.82) is 0 Å². The summed E-state index contributed by atoms with van der Waals surface area (Å²) < 4.78 is 12.2. The highest BCUT2D eigenvalue weighted by Gasteiger charge is 2.33. The molecule has 0 aromatic heterocycles. The van der Waals surface area contributed by atoms with Crippen molar-refractivity contribution < 1.29 is 19.1 Å². The number of ether oxygens (including phenoxy) is 2. The number of rotatable bonds is 11. The van der Waals surface area contributed by atoms with Gasteiger partial charge in [0.05, 0.1) is 11.1 Å². The van der Waals surface area contributed by atoms with Gasteiger partial charge in [0.25, 0.3) is 0 Å². The van der Waals surface area contributed by atoms with Crippen molar-refractivity contribution in [3.8, 4) is 0 Å². The van der Waals surface area contributed by atoms with Crippen LogP contribution in [-0.4, -0.2) is 24.1 Å². The standard InChI is InChI=1S/C33H48O4/c1-10-13-27(28(12-3)36-30(34)23-15-19-25(20-16-23)32(4,5)6)29(14-11-2)37-31(35)24-17-21-26(22-18-24)33(7,8)9/h15-22,27-29H,10-14H2,1-9H3. The molecular weight excluding hydrogens is 460 g/mol. The van der Waals surface area contributed by atoms with Crippen molar-refractivity contribution in [3.63, 3.8) is 0 Å². The lowest BCUT2D eigenvalue weighted by molar-refractivity contribution is -0.0392. The van der Waals surface area contributed by atoms with Crippen molar-refractivity contribution in [3.05, 3.63) is 70.8 Å². The average molecular weight is 509 g/mol. The zero-order valence-electron chi connectivity index (χ0n) is 24.5. The van der Waals surface area contributed by atoms with Gasteiger partial charge in [-0.05, 0) is 65.5 Å². The highest BCUT2D eigenvalue weighted by atomic mass is 16.6. The van der Waals surface area contributed by atoms with Crippen molar-refractivity contribution in [2.75, 3.05) is 0 Å². The summed E-state index contributed by atoms with van der Waals surface area (Å²) in [6.07, 6.45) is 3.34. The van der Waals surface area contributed by atoms with Gasteiger partial charge in [0.15, 0.2) is 0 Å². The number of esters is 2. The molecule has 0 aliphatic heterocycles. The molecule has 0 fully saturated rings. The third-order valence-corrected chi connectivity index (χ3v) is 7.04. The lowest BCUT2D eigenvalue weighted by Crippen LogP contribution is -2.38. The first-order valence-electron chi connectivity index (χ1n) is 13.9. The molecule has 0 radical (unpaired) electrons. The van der Waals surface area contributed by atoms with Crippen molar-refractivity contribution in [1.82, 2.24) is 0 Å². The minimum absolute atomic E-state index is 0.0185. The second-order valence-corrected chi connectivity index (χ2v) is 12.2. The molecule has 0 aliphatic carbocycles. The van der Waals surface area contributed by atoms with Crippen molar-refractivity contribution in [2.24, 2.45) is 5.92 Å². The predicted octanol–water partition coefficient (Wildman–Crippen LogP) is 8.66. The quantitative estimate of drug-likeness (QED) is 0.285. The smallest absolute Gasteiger partial charge is 0.338 e. The Kier molecular flexibility index (Phi) is 11.0. The maximum Gasteiger partial charge on any atom is 0.338 e. The van der Waals surface area contributed by atoms with Gasteiger partial charge in [-0.15, -0.1) is 0 Å². The minimum Gasteiger partial charge on any atom is -0.458 e. The van der Waals surface area contributed by atoms with Gasteiger partial charge in [0.2, 0.25) is 0 Å². The summed E-state index contributed by atoms with van der Waals surface area (Å²) in [5, 5.41) is 0. The van der Waals surface area contributed by atoms with Gasteiger partial charge in [-0.2, -0.15) is 0 Å². The Balaban J connectivity index is 2.21. The van der Waals surface area contributed by atoms with Crippen LogP contribution in [0.2, 0.25) is 0 Å². The molecule has 0 N–H and O–H groups in total. The van der Waals surface area contributed by atoms with Crippen molar-refractivity contribution in [2.45, 2.75) is 117 Å². The molecule has 37 heavy (non-hydrogen) atoms. The van der Waals surface area contributed by atoms with Gasteiger partial charge >= 0.3 is 11.9 Å². The van der Waals surface area contributed by atoms with Crippen LogP contribution in [0.5, 0.6) is 0 Å². The van der Waals surface area contributed by atoms with E-state index in [4.69, 9.17) is 9.47 Å². The molecule has 3 unspecified atom stereocenters. The van der Waals surface area contributed by atoms with E-state index in [9.17, 15) is 9.59 Å². The number of carbonyl (C=O) groups is 2. The average Bonchev–Trinajstić information content (AvgIpc) is 2.84. The van der Waals surface area contributed by atoms with E-state index < -0.39 is 0 Å². The van der Waals surface area contributed by atoms with Crippen LogP contribution in [0.3, 0.4) is 0 Å². The molecule has 2 aromatic rings. The molecule has 0 saturated heterocycles. The maximum absolute atomic E-state index is 13.1. The van der Waals surface area contributed by atoms with Crippen LogP contribution in [0.1, 0.15) is 126 Å². The van der Waals surface area contributed by atoms with E-state index in [1.54, 1.807) is 0 Å². The van der Waals surface area contributed by atoms with Gasteiger partial charge in [-0.1, -0.05) is 99.4 Å². The van der Waals surface area contributed by atoms with E-state index in [0.29, 0.717) is 17.5 Å².